The van der Waals surface area contributed by atoms with Crippen LogP contribution in [0.1, 0.15) is 5.56 Å². The van der Waals surface area contributed by atoms with Crippen molar-refractivity contribution in [2.75, 3.05) is 12.0 Å². The standard InChI is InChI=1S/C18H12BrClN2O4/c1-26-15-7-2-10(9-14(15)19)8-13-16(23)21-18(25)22(17(13)24)12-5-3-11(20)4-6-12/h2-9H,1H3,(H,21,23,25). The predicted octanol–water partition coefficient (Wildman–Crippen LogP) is 3.78. The number of carbonyl (C=O) groups excluding carboxylic acids is 3. The zero-order valence-corrected chi connectivity index (χ0v) is 15.8. The van der Waals surface area contributed by atoms with E-state index in [1.54, 1.807) is 30.3 Å². The molecule has 1 N–H and O–H groups in total. The molecule has 0 saturated carbocycles. The minimum absolute atomic E-state index is 0.156. The summed E-state index contributed by atoms with van der Waals surface area (Å²) >= 11 is 9.19. The highest BCUT2D eigenvalue weighted by atomic mass is 79.9. The molecular weight excluding hydrogens is 424 g/mol. The number of imide groups is 2. The smallest absolute Gasteiger partial charge is 0.335 e. The molecule has 0 aliphatic carbocycles. The van der Waals surface area contributed by atoms with E-state index >= 15 is 0 Å². The van der Waals surface area contributed by atoms with E-state index in [0.717, 1.165) is 4.90 Å². The summed E-state index contributed by atoms with van der Waals surface area (Å²) in [4.78, 5) is 37.9. The highest BCUT2D eigenvalue weighted by Gasteiger charge is 2.36. The Bertz CT molecular complexity index is 941. The van der Waals surface area contributed by atoms with Crippen LogP contribution in [0.5, 0.6) is 5.75 Å². The van der Waals surface area contributed by atoms with Gasteiger partial charge in [-0.05, 0) is 64.0 Å². The van der Waals surface area contributed by atoms with Gasteiger partial charge in [0.05, 0.1) is 17.3 Å². The van der Waals surface area contributed by atoms with E-state index in [4.69, 9.17) is 16.3 Å². The number of carbonyl (C=O) groups is 3. The quantitative estimate of drug-likeness (QED) is 0.588. The number of rotatable bonds is 3. The lowest BCUT2D eigenvalue weighted by molar-refractivity contribution is -0.122. The zero-order chi connectivity index (χ0) is 18.8. The maximum atomic E-state index is 12.8. The number of amides is 4. The van der Waals surface area contributed by atoms with Crippen LogP contribution in [-0.4, -0.2) is 25.0 Å². The summed E-state index contributed by atoms with van der Waals surface area (Å²) in [7, 11) is 1.53. The minimum atomic E-state index is -0.810. The van der Waals surface area contributed by atoms with Gasteiger partial charge in [-0.1, -0.05) is 17.7 Å². The van der Waals surface area contributed by atoms with E-state index in [2.05, 4.69) is 21.2 Å². The second kappa shape index (κ2) is 7.31. The van der Waals surface area contributed by atoms with E-state index in [-0.39, 0.29) is 5.57 Å². The molecule has 1 fully saturated rings. The summed E-state index contributed by atoms with van der Waals surface area (Å²) < 4.78 is 5.82. The lowest BCUT2D eigenvalue weighted by atomic mass is 10.1. The first-order valence-electron chi connectivity index (χ1n) is 7.41. The number of anilines is 1. The summed E-state index contributed by atoms with van der Waals surface area (Å²) in [6.45, 7) is 0. The molecule has 26 heavy (non-hydrogen) atoms. The Hall–Kier alpha value is -2.64. The first-order chi connectivity index (χ1) is 12.4. The van der Waals surface area contributed by atoms with E-state index < -0.39 is 17.8 Å². The average Bonchev–Trinajstić information content (AvgIpc) is 2.60. The maximum Gasteiger partial charge on any atom is 0.335 e. The fourth-order valence-electron chi connectivity index (χ4n) is 2.42. The third kappa shape index (κ3) is 3.49. The molecule has 0 unspecified atom stereocenters. The van der Waals surface area contributed by atoms with Crippen LogP contribution in [0.2, 0.25) is 5.02 Å². The largest absolute Gasteiger partial charge is 0.496 e. The van der Waals surface area contributed by atoms with Crippen molar-refractivity contribution in [1.82, 2.24) is 5.32 Å². The van der Waals surface area contributed by atoms with Gasteiger partial charge >= 0.3 is 6.03 Å². The number of nitrogens with zero attached hydrogens (tertiary/aromatic N) is 1. The van der Waals surface area contributed by atoms with Crippen LogP contribution in [0.15, 0.2) is 52.5 Å². The molecular formula is C18H12BrClN2O4. The summed E-state index contributed by atoms with van der Waals surface area (Å²) in [5.41, 5.74) is 0.754. The predicted molar refractivity (Wildman–Crippen MR) is 101 cm³/mol. The Kier molecular flexibility index (Phi) is 5.11. The molecule has 0 spiro atoms. The molecule has 1 aliphatic heterocycles. The summed E-state index contributed by atoms with van der Waals surface area (Å²) in [5.74, 6) is -0.852. The number of ether oxygens (including phenoxy) is 1. The normalized spacial score (nSPS) is 16.0. The van der Waals surface area contributed by atoms with Gasteiger partial charge in [0.25, 0.3) is 11.8 Å². The molecule has 1 heterocycles. The van der Waals surface area contributed by atoms with Gasteiger partial charge in [-0.3, -0.25) is 14.9 Å². The number of methoxy groups -OCH3 is 1. The molecule has 4 amide bonds. The van der Waals surface area contributed by atoms with Gasteiger partial charge in [0.1, 0.15) is 11.3 Å². The van der Waals surface area contributed by atoms with Crippen LogP contribution in [0, 0.1) is 0 Å². The molecule has 0 bridgehead atoms. The summed E-state index contributed by atoms with van der Waals surface area (Å²) in [6.07, 6.45) is 1.41. The third-order valence-electron chi connectivity index (χ3n) is 3.67. The topological polar surface area (TPSA) is 75.7 Å². The van der Waals surface area contributed by atoms with Crippen molar-refractivity contribution in [3.63, 3.8) is 0 Å². The van der Waals surface area contributed by atoms with E-state index in [9.17, 15) is 14.4 Å². The number of hydrogen-bond acceptors (Lipinski definition) is 4. The molecule has 0 atom stereocenters. The molecule has 3 rings (SSSR count). The van der Waals surface area contributed by atoms with Gasteiger partial charge in [0, 0.05) is 5.02 Å². The highest BCUT2D eigenvalue weighted by Crippen LogP contribution is 2.28. The lowest BCUT2D eigenvalue weighted by Gasteiger charge is -2.26. The number of nitrogens with one attached hydrogen (secondary N) is 1. The Labute approximate surface area is 162 Å². The highest BCUT2D eigenvalue weighted by molar-refractivity contribution is 9.10. The van der Waals surface area contributed by atoms with Crippen molar-refractivity contribution in [2.45, 2.75) is 0 Å². The molecule has 1 saturated heterocycles. The minimum Gasteiger partial charge on any atom is -0.496 e. The van der Waals surface area contributed by atoms with Crippen molar-refractivity contribution >= 4 is 57.1 Å². The molecule has 132 valence electrons. The molecule has 8 heteroatoms. The van der Waals surface area contributed by atoms with Gasteiger partial charge in [0.15, 0.2) is 0 Å². The lowest BCUT2D eigenvalue weighted by Crippen LogP contribution is -2.54. The van der Waals surface area contributed by atoms with Crippen molar-refractivity contribution in [3.05, 3.63) is 63.1 Å². The Morgan fingerprint density at radius 2 is 1.81 bits per heavy atom. The van der Waals surface area contributed by atoms with Gasteiger partial charge in [-0.25, -0.2) is 9.69 Å². The van der Waals surface area contributed by atoms with Crippen LogP contribution in [-0.2, 0) is 9.59 Å². The molecule has 6 nitrogen and oxygen atoms in total. The second-order valence-electron chi connectivity index (χ2n) is 5.33. The fraction of sp³-hybridized carbons (Fsp3) is 0.0556. The SMILES string of the molecule is COc1ccc(C=C2C(=O)NC(=O)N(c3ccc(Cl)cc3)C2=O)cc1Br. The third-order valence-corrected chi connectivity index (χ3v) is 4.55. The maximum absolute atomic E-state index is 12.8. The van der Waals surface area contributed by atoms with E-state index in [0.29, 0.717) is 26.5 Å². The monoisotopic (exact) mass is 434 g/mol. The van der Waals surface area contributed by atoms with Gasteiger partial charge < -0.3 is 4.74 Å². The molecule has 1 aliphatic rings. The van der Waals surface area contributed by atoms with Gasteiger partial charge in [0.2, 0.25) is 0 Å². The number of urea groups is 1. The number of halogens is 2. The van der Waals surface area contributed by atoms with Crippen LogP contribution in [0.25, 0.3) is 6.08 Å². The van der Waals surface area contributed by atoms with Crippen LogP contribution >= 0.6 is 27.5 Å². The van der Waals surface area contributed by atoms with Crippen molar-refractivity contribution < 1.29 is 19.1 Å². The van der Waals surface area contributed by atoms with Crippen LogP contribution in [0.4, 0.5) is 10.5 Å². The molecule has 2 aromatic carbocycles. The fourth-order valence-corrected chi connectivity index (χ4v) is 3.11. The Morgan fingerprint density at radius 1 is 1.12 bits per heavy atom. The molecule has 2 aromatic rings. The molecule has 0 aromatic heterocycles. The Balaban J connectivity index is 1.99. The van der Waals surface area contributed by atoms with Crippen molar-refractivity contribution in [2.24, 2.45) is 0 Å². The summed E-state index contributed by atoms with van der Waals surface area (Å²) in [6, 6.07) is 10.4. The number of benzene rings is 2. The number of hydrogen-bond donors (Lipinski definition) is 1. The average molecular weight is 436 g/mol. The van der Waals surface area contributed by atoms with Gasteiger partial charge in [-0.15, -0.1) is 0 Å². The van der Waals surface area contributed by atoms with E-state index in [1.807, 2.05) is 0 Å². The Morgan fingerprint density at radius 3 is 2.42 bits per heavy atom. The van der Waals surface area contributed by atoms with Crippen molar-refractivity contribution in [1.29, 1.82) is 0 Å². The first-order valence-corrected chi connectivity index (χ1v) is 8.58. The molecule has 0 radical (unpaired) electrons. The van der Waals surface area contributed by atoms with E-state index in [1.165, 1.54) is 25.3 Å². The first kappa shape index (κ1) is 18.2. The van der Waals surface area contributed by atoms with Gasteiger partial charge in [-0.2, -0.15) is 0 Å². The second-order valence-corrected chi connectivity index (χ2v) is 6.62. The van der Waals surface area contributed by atoms with Crippen molar-refractivity contribution in [3.8, 4) is 5.75 Å². The summed E-state index contributed by atoms with van der Waals surface area (Å²) in [5, 5.41) is 2.64. The zero-order valence-electron chi connectivity index (χ0n) is 13.5. The number of barbiturate groups is 1. The van der Waals surface area contributed by atoms with Crippen LogP contribution in [0.3, 0.4) is 0 Å². The van der Waals surface area contributed by atoms with Crippen LogP contribution < -0.4 is 15.0 Å².